The summed E-state index contributed by atoms with van der Waals surface area (Å²) in [5.74, 6) is -0.197. The van der Waals surface area contributed by atoms with Crippen LogP contribution in [0.15, 0.2) is 28.7 Å². The third kappa shape index (κ3) is 4.14. The van der Waals surface area contributed by atoms with Crippen LogP contribution in [0.5, 0.6) is 0 Å². The lowest BCUT2D eigenvalue weighted by molar-refractivity contribution is 0.618. The molecular formula is C12H15BrFN. The van der Waals surface area contributed by atoms with Crippen LogP contribution in [-0.4, -0.2) is 13.1 Å². The third-order valence-corrected chi connectivity index (χ3v) is 2.63. The van der Waals surface area contributed by atoms with Crippen LogP contribution in [0.4, 0.5) is 4.39 Å². The highest BCUT2D eigenvalue weighted by Gasteiger charge is 2.01. The van der Waals surface area contributed by atoms with Crippen LogP contribution in [0.2, 0.25) is 0 Å². The fourth-order valence-electron chi connectivity index (χ4n) is 1.22. The maximum Gasteiger partial charge on any atom is 0.144 e. The lowest BCUT2D eigenvalue weighted by atomic mass is 10.2. The van der Waals surface area contributed by atoms with Gasteiger partial charge in [-0.15, -0.1) is 0 Å². The van der Waals surface area contributed by atoms with Crippen molar-refractivity contribution < 1.29 is 4.39 Å². The molecule has 0 fully saturated rings. The maximum absolute atomic E-state index is 13.5. The molecule has 0 heterocycles. The van der Waals surface area contributed by atoms with Gasteiger partial charge >= 0.3 is 0 Å². The van der Waals surface area contributed by atoms with E-state index in [9.17, 15) is 4.39 Å². The van der Waals surface area contributed by atoms with E-state index < -0.39 is 0 Å². The molecule has 1 N–H and O–H groups in total. The van der Waals surface area contributed by atoms with Gasteiger partial charge in [-0.05, 0) is 41.5 Å². The fraction of sp³-hybridized carbons (Fsp3) is 0.333. The highest BCUT2D eigenvalue weighted by molar-refractivity contribution is 9.10. The molecule has 1 aromatic carbocycles. The Balaban J connectivity index is 2.53. The van der Waals surface area contributed by atoms with Crippen molar-refractivity contribution in [3.8, 4) is 0 Å². The number of nitrogens with one attached hydrogen (secondary N) is 1. The van der Waals surface area contributed by atoms with E-state index in [1.165, 1.54) is 0 Å². The Hall–Kier alpha value is -0.670. The Kier molecular flexibility index (Phi) is 5.58. The summed E-state index contributed by atoms with van der Waals surface area (Å²) < 4.78 is 14.0. The first-order valence-electron chi connectivity index (χ1n) is 5.07. The molecule has 0 unspecified atom stereocenters. The lowest BCUT2D eigenvalue weighted by Crippen LogP contribution is -2.12. The third-order valence-electron chi connectivity index (χ3n) is 2.02. The van der Waals surface area contributed by atoms with Crippen molar-refractivity contribution in [2.75, 3.05) is 13.1 Å². The largest absolute Gasteiger partial charge is 0.317 e. The van der Waals surface area contributed by atoms with Crippen LogP contribution in [0, 0.1) is 5.82 Å². The zero-order chi connectivity index (χ0) is 11.1. The van der Waals surface area contributed by atoms with Gasteiger partial charge < -0.3 is 5.32 Å². The highest BCUT2D eigenvalue weighted by atomic mass is 79.9. The van der Waals surface area contributed by atoms with Gasteiger partial charge in [-0.1, -0.05) is 31.2 Å². The van der Waals surface area contributed by atoms with Crippen LogP contribution < -0.4 is 5.32 Å². The molecule has 0 atom stereocenters. The van der Waals surface area contributed by atoms with Gasteiger partial charge in [-0.2, -0.15) is 0 Å². The zero-order valence-corrected chi connectivity index (χ0v) is 10.3. The van der Waals surface area contributed by atoms with E-state index in [4.69, 9.17) is 0 Å². The molecule has 0 aliphatic heterocycles. The minimum absolute atomic E-state index is 0.197. The van der Waals surface area contributed by atoms with E-state index in [-0.39, 0.29) is 5.82 Å². The summed E-state index contributed by atoms with van der Waals surface area (Å²) in [6.45, 7) is 3.97. The van der Waals surface area contributed by atoms with Crippen LogP contribution in [0.25, 0.3) is 6.08 Å². The number of rotatable bonds is 5. The Morgan fingerprint density at radius 1 is 1.47 bits per heavy atom. The van der Waals surface area contributed by atoms with E-state index >= 15 is 0 Å². The van der Waals surface area contributed by atoms with Crippen molar-refractivity contribution >= 4 is 22.0 Å². The van der Waals surface area contributed by atoms with E-state index in [1.807, 2.05) is 18.2 Å². The smallest absolute Gasteiger partial charge is 0.144 e. The van der Waals surface area contributed by atoms with Crippen LogP contribution in [0.3, 0.4) is 0 Å². The second-order valence-corrected chi connectivity index (χ2v) is 4.04. The van der Waals surface area contributed by atoms with Gasteiger partial charge in [0.05, 0.1) is 4.47 Å². The number of halogens is 2. The van der Waals surface area contributed by atoms with Gasteiger partial charge in [0, 0.05) is 5.56 Å². The van der Waals surface area contributed by atoms with Crippen molar-refractivity contribution in [3.05, 3.63) is 40.1 Å². The fourth-order valence-corrected chi connectivity index (χ4v) is 1.60. The monoisotopic (exact) mass is 271 g/mol. The second kappa shape index (κ2) is 6.75. The summed E-state index contributed by atoms with van der Waals surface area (Å²) >= 11 is 3.16. The standard InChI is InChI=1S/C12H15BrFN/c1-2-15-9-4-3-6-10-7-5-8-11(13)12(10)14/h3,5-8,15H,2,4,9H2,1H3/b6-3+. The van der Waals surface area contributed by atoms with Gasteiger partial charge in [-0.3, -0.25) is 0 Å². The van der Waals surface area contributed by atoms with Crippen molar-refractivity contribution in [2.45, 2.75) is 13.3 Å². The Morgan fingerprint density at radius 3 is 3.00 bits per heavy atom. The van der Waals surface area contributed by atoms with E-state index in [1.54, 1.807) is 12.1 Å². The van der Waals surface area contributed by atoms with Crippen molar-refractivity contribution in [1.82, 2.24) is 5.32 Å². The molecule has 0 amide bonds. The average molecular weight is 272 g/mol. The molecule has 0 aromatic heterocycles. The minimum atomic E-state index is -0.197. The SMILES string of the molecule is CCNCC/C=C/c1cccc(Br)c1F. The van der Waals surface area contributed by atoms with E-state index in [2.05, 4.69) is 28.2 Å². The van der Waals surface area contributed by atoms with E-state index in [0.717, 1.165) is 19.5 Å². The molecule has 3 heteroatoms. The Morgan fingerprint density at radius 2 is 2.27 bits per heavy atom. The molecule has 0 radical (unpaired) electrons. The predicted octanol–water partition coefficient (Wildman–Crippen LogP) is 3.60. The lowest BCUT2D eigenvalue weighted by Gasteiger charge is -1.99. The molecule has 15 heavy (non-hydrogen) atoms. The molecule has 82 valence electrons. The molecular weight excluding hydrogens is 257 g/mol. The van der Waals surface area contributed by atoms with Gasteiger partial charge in [0.2, 0.25) is 0 Å². The molecule has 1 rings (SSSR count). The van der Waals surface area contributed by atoms with Crippen LogP contribution >= 0.6 is 15.9 Å². The Bertz CT molecular complexity index is 336. The summed E-state index contributed by atoms with van der Waals surface area (Å²) in [4.78, 5) is 0. The Labute approximate surface area is 98.5 Å². The number of hydrogen-bond donors (Lipinski definition) is 1. The predicted molar refractivity (Wildman–Crippen MR) is 66.3 cm³/mol. The molecule has 0 aliphatic rings. The van der Waals surface area contributed by atoms with Gasteiger partial charge in [-0.25, -0.2) is 4.39 Å². The van der Waals surface area contributed by atoms with Crippen LogP contribution in [0.1, 0.15) is 18.9 Å². The zero-order valence-electron chi connectivity index (χ0n) is 8.76. The summed E-state index contributed by atoms with van der Waals surface area (Å²) in [5, 5.41) is 3.21. The van der Waals surface area contributed by atoms with Crippen molar-refractivity contribution in [1.29, 1.82) is 0 Å². The molecule has 0 bridgehead atoms. The van der Waals surface area contributed by atoms with Crippen molar-refractivity contribution in [2.24, 2.45) is 0 Å². The molecule has 0 aliphatic carbocycles. The number of hydrogen-bond acceptors (Lipinski definition) is 1. The van der Waals surface area contributed by atoms with Gasteiger partial charge in [0.1, 0.15) is 5.82 Å². The maximum atomic E-state index is 13.5. The summed E-state index contributed by atoms with van der Waals surface area (Å²) in [7, 11) is 0. The minimum Gasteiger partial charge on any atom is -0.317 e. The average Bonchev–Trinajstić information content (AvgIpc) is 2.24. The first-order chi connectivity index (χ1) is 7.25. The summed E-state index contributed by atoms with van der Waals surface area (Å²) in [5.41, 5.74) is 0.626. The molecule has 0 saturated heterocycles. The van der Waals surface area contributed by atoms with Gasteiger partial charge in [0.15, 0.2) is 0 Å². The normalized spacial score (nSPS) is 11.1. The quantitative estimate of drug-likeness (QED) is 0.807. The highest BCUT2D eigenvalue weighted by Crippen LogP contribution is 2.19. The first kappa shape index (κ1) is 12.4. The van der Waals surface area contributed by atoms with Crippen molar-refractivity contribution in [3.63, 3.8) is 0 Å². The summed E-state index contributed by atoms with van der Waals surface area (Å²) in [6, 6.07) is 5.30. The second-order valence-electron chi connectivity index (χ2n) is 3.19. The molecule has 0 saturated carbocycles. The first-order valence-corrected chi connectivity index (χ1v) is 5.86. The molecule has 0 spiro atoms. The topological polar surface area (TPSA) is 12.0 Å². The van der Waals surface area contributed by atoms with Crippen LogP contribution in [-0.2, 0) is 0 Å². The summed E-state index contributed by atoms with van der Waals surface area (Å²) in [6.07, 6.45) is 4.71. The number of benzene rings is 1. The molecule has 1 nitrogen and oxygen atoms in total. The van der Waals surface area contributed by atoms with Gasteiger partial charge in [0.25, 0.3) is 0 Å². The molecule has 1 aromatic rings. The van der Waals surface area contributed by atoms with E-state index in [0.29, 0.717) is 10.0 Å².